The SMILES string of the molecule is CCNCCCN(C)S(=O)(=O)N1CCCSCC1. The Hall–Kier alpha value is 0.180. The van der Waals surface area contributed by atoms with E-state index in [1.807, 2.05) is 11.8 Å². The van der Waals surface area contributed by atoms with E-state index in [0.29, 0.717) is 19.6 Å². The summed E-state index contributed by atoms with van der Waals surface area (Å²) < 4.78 is 27.8. The van der Waals surface area contributed by atoms with Crippen LogP contribution in [-0.4, -0.2) is 68.3 Å². The summed E-state index contributed by atoms with van der Waals surface area (Å²) in [5, 5.41) is 3.21. The number of thioether (sulfide) groups is 1. The summed E-state index contributed by atoms with van der Waals surface area (Å²) in [6.07, 6.45) is 1.81. The van der Waals surface area contributed by atoms with E-state index < -0.39 is 10.2 Å². The minimum absolute atomic E-state index is 0.582. The van der Waals surface area contributed by atoms with Gasteiger partial charge < -0.3 is 5.32 Å². The first-order chi connectivity index (χ1) is 8.59. The standard InChI is InChI=1S/C11H25N3O2S2/c1-3-12-6-4-7-13(2)18(15,16)14-8-5-10-17-11-9-14/h12H,3-11H2,1-2H3. The molecule has 0 saturated carbocycles. The van der Waals surface area contributed by atoms with E-state index in [2.05, 4.69) is 12.2 Å². The third-order valence-electron chi connectivity index (χ3n) is 2.98. The van der Waals surface area contributed by atoms with Crippen molar-refractivity contribution in [2.24, 2.45) is 0 Å². The summed E-state index contributed by atoms with van der Waals surface area (Å²) in [5.74, 6) is 1.97. The van der Waals surface area contributed by atoms with Gasteiger partial charge in [-0.15, -0.1) is 0 Å². The van der Waals surface area contributed by atoms with E-state index in [-0.39, 0.29) is 0 Å². The van der Waals surface area contributed by atoms with Crippen molar-refractivity contribution in [2.75, 3.05) is 51.3 Å². The lowest BCUT2D eigenvalue weighted by Crippen LogP contribution is -2.43. The van der Waals surface area contributed by atoms with Gasteiger partial charge in [0.25, 0.3) is 10.2 Å². The van der Waals surface area contributed by atoms with E-state index in [4.69, 9.17) is 0 Å². The molecule has 1 fully saturated rings. The molecule has 18 heavy (non-hydrogen) atoms. The first kappa shape index (κ1) is 16.2. The van der Waals surface area contributed by atoms with Crippen molar-refractivity contribution in [1.29, 1.82) is 0 Å². The molecule has 0 spiro atoms. The van der Waals surface area contributed by atoms with Crippen LogP contribution in [0.15, 0.2) is 0 Å². The quantitative estimate of drug-likeness (QED) is 0.699. The zero-order valence-electron chi connectivity index (χ0n) is 11.4. The third-order valence-corrected chi connectivity index (χ3v) is 6.01. The maximum Gasteiger partial charge on any atom is 0.281 e. The van der Waals surface area contributed by atoms with Crippen LogP contribution in [0.2, 0.25) is 0 Å². The predicted molar refractivity (Wildman–Crippen MR) is 78.2 cm³/mol. The molecule has 1 aliphatic rings. The fraction of sp³-hybridized carbons (Fsp3) is 1.00. The van der Waals surface area contributed by atoms with Crippen molar-refractivity contribution in [3.8, 4) is 0 Å². The topological polar surface area (TPSA) is 52.7 Å². The van der Waals surface area contributed by atoms with E-state index in [1.54, 1.807) is 11.4 Å². The Morgan fingerprint density at radius 3 is 2.83 bits per heavy atom. The third kappa shape index (κ3) is 5.05. The predicted octanol–water partition coefficient (Wildman–Crippen LogP) is 0.602. The molecule has 1 heterocycles. The van der Waals surface area contributed by atoms with Crippen LogP contribution in [0.4, 0.5) is 0 Å². The summed E-state index contributed by atoms with van der Waals surface area (Å²) in [4.78, 5) is 0. The molecule has 0 radical (unpaired) electrons. The second kappa shape index (κ2) is 8.37. The van der Waals surface area contributed by atoms with Crippen LogP contribution in [0.3, 0.4) is 0 Å². The Labute approximate surface area is 115 Å². The maximum atomic E-state index is 12.3. The van der Waals surface area contributed by atoms with E-state index >= 15 is 0 Å². The van der Waals surface area contributed by atoms with Gasteiger partial charge in [-0.25, -0.2) is 0 Å². The fourth-order valence-electron chi connectivity index (χ4n) is 1.87. The summed E-state index contributed by atoms with van der Waals surface area (Å²) in [7, 11) is -1.57. The Morgan fingerprint density at radius 1 is 1.33 bits per heavy atom. The molecule has 5 nitrogen and oxygen atoms in total. The van der Waals surface area contributed by atoms with Gasteiger partial charge in [-0.1, -0.05) is 6.92 Å². The highest BCUT2D eigenvalue weighted by Gasteiger charge is 2.26. The zero-order chi connectivity index (χ0) is 13.4. The molecular weight excluding hydrogens is 270 g/mol. The molecule has 0 atom stereocenters. The summed E-state index contributed by atoms with van der Waals surface area (Å²) >= 11 is 1.84. The molecule has 1 rings (SSSR count). The monoisotopic (exact) mass is 295 g/mol. The molecule has 0 aliphatic carbocycles. The van der Waals surface area contributed by atoms with E-state index in [0.717, 1.165) is 37.4 Å². The largest absolute Gasteiger partial charge is 0.317 e. The first-order valence-electron chi connectivity index (χ1n) is 6.59. The van der Waals surface area contributed by atoms with Gasteiger partial charge in [0, 0.05) is 32.4 Å². The molecule has 0 aromatic rings. The highest BCUT2D eigenvalue weighted by Crippen LogP contribution is 2.15. The number of hydrogen-bond donors (Lipinski definition) is 1. The van der Waals surface area contributed by atoms with Gasteiger partial charge in [0.15, 0.2) is 0 Å². The Balaban J connectivity index is 2.44. The van der Waals surface area contributed by atoms with Crippen molar-refractivity contribution in [2.45, 2.75) is 19.8 Å². The van der Waals surface area contributed by atoms with E-state index in [1.165, 1.54) is 4.31 Å². The average molecular weight is 295 g/mol. The van der Waals surface area contributed by atoms with Gasteiger partial charge in [0.1, 0.15) is 0 Å². The van der Waals surface area contributed by atoms with Crippen LogP contribution in [0, 0.1) is 0 Å². The molecule has 7 heteroatoms. The number of nitrogens with one attached hydrogen (secondary N) is 1. The molecule has 1 N–H and O–H groups in total. The molecule has 1 aliphatic heterocycles. The van der Waals surface area contributed by atoms with Crippen LogP contribution in [0.1, 0.15) is 19.8 Å². The summed E-state index contributed by atoms with van der Waals surface area (Å²) in [6, 6.07) is 0. The van der Waals surface area contributed by atoms with Crippen LogP contribution in [0.25, 0.3) is 0 Å². The summed E-state index contributed by atoms with van der Waals surface area (Å²) in [6.45, 7) is 5.73. The van der Waals surface area contributed by atoms with Crippen molar-refractivity contribution in [3.05, 3.63) is 0 Å². The van der Waals surface area contributed by atoms with Crippen LogP contribution < -0.4 is 5.32 Å². The lowest BCUT2D eigenvalue weighted by Gasteiger charge is -2.26. The highest BCUT2D eigenvalue weighted by molar-refractivity contribution is 7.99. The molecule has 0 aromatic heterocycles. The molecule has 108 valence electrons. The van der Waals surface area contributed by atoms with Gasteiger partial charge in [0.2, 0.25) is 0 Å². The van der Waals surface area contributed by atoms with Crippen molar-refractivity contribution >= 4 is 22.0 Å². The lowest BCUT2D eigenvalue weighted by atomic mass is 10.4. The summed E-state index contributed by atoms with van der Waals surface area (Å²) in [5.41, 5.74) is 0. The lowest BCUT2D eigenvalue weighted by molar-refractivity contribution is 0.368. The smallest absolute Gasteiger partial charge is 0.281 e. The maximum absolute atomic E-state index is 12.3. The van der Waals surface area contributed by atoms with Crippen LogP contribution in [-0.2, 0) is 10.2 Å². The van der Waals surface area contributed by atoms with Gasteiger partial charge in [-0.3, -0.25) is 0 Å². The Morgan fingerprint density at radius 2 is 2.11 bits per heavy atom. The van der Waals surface area contributed by atoms with E-state index in [9.17, 15) is 8.42 Å². The molecule has 0 aromatic carbocycles. The van der Waals surface area contributed by atoms with Crippen LogP contribution in [0.5, 0.6) is 0 Å². The van der Waals surface area contributed by atoms with Gasteiger partial charge in [0.05, 0.1) is 0 Å². The minimum atomic E-state index is -3.25. The number of nitrogens with zero attached hydrogens (tertiary/aromatic N) is 2. The minimum Gasteiger partial charge on any atom is -0.317 e. The molecule has 0 unspecified atom stereocenters. The number of hydrogen-bond acceptors (Lipinski definition) is 4. The zero-order valence-corrected chi connectivity index (χ0v) is 13.0. The molecular formula is C11H25N3O2S2. The first-order valence-corrected chi connectivity index (χ1v) is 9.14. The van der Waals surface area contributed by atoms with Gasteiger partial charge in [-0.05, 0) is 31.7 Å². The molecule has 0 amide bonds. The molecule has 0 bridgehead atoms. The second-order valence-electron chi connectivity index (χ2n) is 4.40. The molecule has 1 saturated heterocycles. The Kier molecular flexibility index (Phi) is 7.55. The van der Waals surface area contributed by atoms with Crippen molar-refractivity contribution in [1.82, 2.24) is 13.9 Å². The Bertz CT molecular complexity index is 314. The van der Waals surface area contributed by atoms with Gasteiger partial charge >= 0.3 is 0 Å². The van der Waals surface area contributed by atoms with Crippen molar-refractivity contribution in [3.63, 3.8) is 0 Å². The average Bonchev–Trinajstić information content (AvgIpc) is 2.63. The fourth-order valence-corrected chi connectivity index (χ4v) is 4.31. The number of rotatable bonds is 7. The highest BCUT2D eigenvalue weighted by atomic mass is 32.2. The normalized spacial score (nSPS) is 19.1. The second-order valence-corrected chi connectivity index (χ2v) is 7.66. The van der Waals surface area contributed by atoms with Crippen molar-refractivity contribution < 1.29 is 8.42 Å². The van der Waals surface area contributed by atoms with Gasteiger partial charge in [-0.2, -0.15) is 28.8 Å². The van der Waals surface area contributed by atoms with Crippen LogP contribution >= 0.6 is 11.8 Å².